The fraction of sp³-hybridized carbons (Fsp3) is 0.0909. The topological polar surface area (TPSA) is 95.6 Å². The molecule has 0 fully saturated rings. The molecule has 0 unspecified atom stereocenters. The molecule has 3 aromatic rings. The molecule has 0 aromatic heterocycles. The Kier molecular flexibility index (Phi) is 5.81. The highest BCUT2D eigenvalue weighted by molar-refractivity contribution is 7.99. The summed E-state index contributed by atoms with van der Waals surface area (Å²) in [5, 5.41) is 2.70. The molecule has 2 N–H and O–H groups in total. The van der Waals surface area contributed by atoms with Crippen molar-refractivity contribution >= 4 is 45.0 Å². The molecule has 3 aromatic carbocycles. The van der Waals surface area contributed by atoms with E-state index in [1.165, 1.54) is 23.9 Å². The van der Waals surface area contributed by atoms with Crippen LogP contribution in [0, 0.1) is 0 Å². The van der Waals surface area contributed by atoms with Crippen molar-refractivity contribution in [2.45, 2.75) is 14.7 Å². The lowest BCUT2D eigenvalue weighted by atomic mass is 10.2. The van der Waals surface area contributed by atoms with Gasteiger partial charge in [-0.05, 0) is 42.5 Å². The molecule has 7 nitrogen and oxygen atoms in total. The van der Waals surface area contributed by atoms with Gasteiger partial charge in [0.25, 0.3) is 5.91 Å². The SMILES string of the molecule is CN1C(=O)c2ccccc2Sc2cc(NC(=O)CNS(=O)(=O)c3ccccc3)ccc21. The second-order valence-corrected chi connectivity index (χ2v) is 9.68. The molecular formula is C22H19N3O4S2. The second kappa shape index (κ2) is 8.54. The summed E-state index contributed by atoms with van der Waals surface area (Å²) in [6, 6.07) is 20.4. The largest absolute Gasteiger partial charge is 0.325 e. The van der Waals surface area contributed by atoms with Crippen LogP contribution in [-0.2, 0) is 14.8 Å². The number of rotatable bonds is 5. The summed E-state index contributed by atoms with van der Waals surface area (Å²) < 4.78 is 26.8. The van der Waals surface area contributed by atoms with E-state index in [4.69, 9.17) is 0 Å². The Balaban J connectivity index is 1.49. The Morgan fingerprint density at radius 3 is 2.45 bits per heavy atom. The molecular weight excluding hydrogens is 434 g/mol. The van der Waals surface area contributed by atoms with E-state index >= 15 is 0 Å². The van der Waals surface area contributed by atoms with Crippen LogP contribution in [0.4, 0.5) is 11.4 Å². The van der Waals surface area contributed by atoms with E-state index in [2.05, 4.69) is 10.0 Å². The van der Waals surface area contributed by atoms with Gasteiger partial charge in [0.05, 0.1) is 22.7 Å². The second-order valence-electron chi connectivity index (χ2n) is 6.83. The number of hydrogen-bond acceptors (Lipinski definition) is 5. The molecule has 4 rings (SSSR count). The normalized spacial score (nSPS) is 13.2. The van der Waals surface area contributed by atoms with Crippen molar-refractivity contribution in [2.24, 2.45) is 0 Å². The minimum atomic E-state index is -3.77. The molecule has 0 bridgehead atoms. The first-order chi connectivity index (χ1) is 14.8. The van der Waals surface area contributed by atoms with Gasteiger partial charge >= 0.3 is 0 Å². The molecule has 0 atom stereocenters. The predicted molar refractivity (Wildman–Crippen MR) is 120 cm³/mol. The molecule has 158 valence electrons. The van der Waals surface area contributed by atoms with Crippen molar-refractivity contribution in [3.63, 3.8) is 0 Å². The van der Waals surface area contributed by atoms with Gasteiger partial charge in [0.1, 0.15) is 0 Å². The molecule has 9 heteroatoms. The monoisotopic (exact) mass is 453 g/mol. The summed E-state index contributed by atoms with van der Waals surface area (Å²) in [7, 11) is -2.06. The predicted octanol–water partition coefficient (Wildman–Crippen LogP) is 3.34. The van der Waals surface area contributed by atoms with Crippen molar-refractivity contribution in [3.8, 4) is 0 Å². The fourth-order valence-corrected chi connectivity index (χ4v) is 5.29. The molecule has 1 aliphatic heterocycles. The highest BCUT2D eigenvalue weighted by Gasteiger charge is 2.25. The molecule has 0 saturated heterocycles. The highest BCUT2D eigenvalue weighted by Crippen LogP contribution is 2.41. The third-order valence-electron chi connectivity index (χ3n) is 4.72. The summed E-state index contributed by atoms with van der Waals surface area (Å²) in [4.78, 5) is 28.4. The van der Waals surface area contributed by atoms with E-state index in [1.807, 2.05) is 18.2 Å². The molecule has 2 amide bonds. The number of amides is 2. The summed E-state index contributed by atoms with van der Waals surface area (Å²) in [5.41, 5.74) is 1.86. The van der Waals surface area contributed by atoms with Crippen molar-refractivity contribution in [1.82, 2.24) is 4.72 Å². The Morgan fingerprint density at radius 2 is 1.68 bits per heavy atom. The zero-order chi connectivity index (χ0) is 22.0. The van der Waals surface area contributed by atoms with Crippen molar-refractivity contribution in [2.75, 3.05) is 23.8 Å². The van der Waals surface area contributed by atoms with Crippen LogP contribution < -0.4 is 14.9 Å². The minimum absolute atomic E-state index is 0.0931. The number of hydrogen-bond donors (Lipinski definition) is 2. The molecule has 0 radical (unpaired) electrons. The van der Waals surface area contributed by atoms with Gasteiger partial charge in [-0.15, -0.1) is 0 Å². The summed E-state index contributed by atoms with van der Waals surface area (Å²) in [5.74, 6) is -0.600. The lowest BCUT2D eigenvalue weighted by molar-refractivity contribution is -0.115. The first-order valence-corrected chi connectivity index (χ1v) is 11.7. The third kappa shape index (κ3) is 4.48. The van der Waals surface area contributed by atoms with Crippen LogP contribution in [0.5, 0.6) is 0 Å². The number of fused-ring (bicyclic) bond motifs is 2. The Morgan fingerprint density at radius 1 is 0.968 bits per heavy atom. The fourth-order valence-electron chi connectivity index (χ4n) is 3.14. The molecule has 0 spiro atoms. The number of sulfonamides is 1. The van der Waals surface area contributed by atoms with E-state index < -0.39 is 22.5 Å². The quantitative estimate of drug-likeness (QED) is 0.618. The van der Waals surface area contributed by atoms with Crippen LogP contribution in [0.2, 0.25) is 0 Å². The summed E-state index contributed by atoms with van der Waals surface area (Å²) in [6.45, 7) is -0.400. The maximum absolute atomic E-state index is 12.7. The van der Waals surface area contributed by atoms with E-state index in [0.29, 0.717) is 11.3 Å². The highest BCUT2D eigenvalue weighted by atomic mass is 32.2. The molecule has 1 aliphatic rings. The minimum Gasteiger partial charge on any atom is -0.325 e. The van der Waals surface area contributed by atoms with Crippen molar-refractivity contribution in [3.05, 3.63) is 78.4 Å². The zero-order valence-electron chi connectivity index (χ0n) is 16.5. The average molecular weight is 454 g/mol. The number of anilines is 2. The lowest BCUT2D eigenvalue weighted by Gasteiger charge is -2.18. The van der Waals surface area contributed by atoms with E-state index in [1.54, 1.807) is 54.4 Å². The van der Waals surface area contributed by atoms with Crippen LogP contribution in [0.1, 0.15) is 10.4 Å². The standard InChI is InChI=1S/C22H19N3O4S2/c1-25-18-12-11-15(13-20(18)30-19-10-6-5-9-17(19)22(25)27)24-21(26)14-23-31(28,29)16-7-3-2-4-8-16/h2-13,23H,14H2,1H3,(H,24,26). The maximum Gasteiger partial charge on any atom is 0.259 e. The molecule has 31 heavy (non-hydrogen) atoms. The van der Waals surface area contributed by atoms with Crippen molar-refractivity contribution < 1.29 is 18.0 Å². The van der Waals surface area contributed by atoms with Crippen LogP contribution >= 0.6 is 11.8 Å². The van der Waals surface area contributed by atoms with Crippen molar-refractivity contribution in [1.29, 1.82) is 0 Å². The van der Waals surface area contributed by atoms with Gasteiger partial charge in [0.15, 0.2) is 0 Å². The molecule has 1 heterocycles. The van der Waals surface area contributed by atoms with Crippen LogP contribution in [-0.4, -0.2) is 33.8 Å². The smallest absolute Gasteiger partial charge is 0.259 e. The maximum atomic E-state index is 12.7. The van der Waals surface area contributed by atoms with Gasteiger partial charge in [-0.1, -0.05) is 42.1 Å². The van der Waals surface area contributed by atoms with Crippen LogP contribution in [0.15, 0.2) is 87.5 Å². The van der Waals surface area contributed by atoms with Crippen LogP contribution in [0.25, 0.3) is 0 Å². The van der Waals surface area contributed by atoms with Gasteiger partial charge in [0.2, 0.25) is 15.9 Å². The zero-order valence-corrected chi connectivity index (χ0v) is 18.2. The summed E-state index contributed by atoms with van der Waals surface area (Å²) >= 11 is 1.44. The number of nitrogens with one attached hydrogen (secondary N) is 2. The van der Waals surface area contributed by atoms with Crippen LogP contribution in [0.3, 0.4) is 0 Å². The Bertz CT molecular complexity index is 1260. The van der Waals surface area contributed by atoms with Gasteiger partial charge in [-0.3, -0.25) is 9.59 Å². The first kappa shape index (κ1) is 21.1. The van der Waals surface area contributed by atoms with E-state index in [9.17, 15) is 18.0 Å². The third-order valence-corrected chi connectivity index (χ3v) is 7.26. The van der Waals surface area contributed by atoms with Gasteiger partial charge < -0.3 is 10.2 Å². The number of nitrogens with zero attached hydrogens (tertiary/aromatic N) is 1. The molecule has 0 saturated carbocycles. The first-order valence-electron chi connectivity index (χ1n) is 9.39. The number of carbonyl (C=O) groups excluding carboxylic acids is 2. The summed E-state index contributed by atoms with van der Waals surface area (Å²) in [6.07, 6.45) is 0. The van der Waals surface area contributed by atoms with E-state index in [-0.39, 0.29) is 10.8 Å². The number of benzene rings is 3. The van der Waals surface area contributed by atoms with E-state index in [0.717, 1.165) is 15.5 Å². The van der Waals surface area contributed by atoms with Gasteiger partial charge in [0, 0.05) is 22.5 Å². The molecule has 0 aliphatic carbocycles. The van der Waals surface area contributed by atoms with Gasteiger partial charge in [-0.2, -0.15) is 0 Å². The lowest BCUT2D eigenvalue weighted by Crippen LogP contribution is -2.32. The Hall–Kier alpha value is -3.14. The van der Waals surface area contributed by atoms with Gasteiger partial charge in [-0.25, -0.2) is 13.1 Å². The number of carbonyl (C=O) groups is 2. The Labute approximate surface area is 184 Å². The average Bonchev–Trinajstić information content (AvgIpc) is 2.88.